The van der Waals surface area contributed by atoms with Crippen LogP contribution in [-0.2, 0) is 0 Å². The second kappa shape index (κ2) is 5.48. The van der Waals surface area contributed by atoms with E-state index < -0.39 is 0 Å². The zero-order valence-electron chi connectivity index (χ0n) is 15.9. The van der Waals surface area contributed by atoms with Crippen LogP contribution in [0.25, 0.3) is 0 Å². The van der Waals surface area contributed by atoms with Crippen LogP contribution in [-0.4, -0.2) is 11.2 Å². The summed E-state index contributed by atoms with van der Waals surface area (Å²) >= 11 is 0. The summed E-state index contributed by atoms with van der Waals surface area (Å²) in [6.45, 7) is 10.2. The third-order valence-corrected chi connectivity index (χ3v) is 9.52. The standard InChI is InChI=1S/C22H38O/c1-14(2)18-7-8-19-17-6-5-15-13-16(23)9-11-21(15,3)20(17)10-12-22(18,19)4/h14-20,23H,5-13H2,1-4H3/t15?,16-,17?,18?,19?,20?,21+,22-/m1/s1. The summed E-state index contributed by atoms with van der Waals surface area (Å²) in [7, 11) is 0. The third-order valence-electron chi connectivity index (χ3n) is 9.52. The predicted octanol–water partition coefficient (Wildman–Crippen LogP) is 5.66. The van der Waals surface area contributed by atoms with Gasteiger partial charge in [-0.3, -0.25) is 0 Å². The van der Waals surface area contributed by atoms with Gasteiger partial charge in [-0.05, 0) is 104 Å². The van der Waals surface area contributed by atoms with Crippen molar-refractivity contribution in [1.29, 1.82) is 0 Å². The minimum absolute atomic E-state index is 0.00437. The van der Waals surface area contributed by atoms with Gasteiger partial charge in [0.05, 0.1) is 6.10 Å². The Morgan fingerprint density at radius 2 is 1.52 bits per heavy atom. The van der Waals surface area contributed by atoms with Crippen LogP contribution in [0.2, 0.25) is 0 Å². The molecule has 0 saturated heterocycles. The number of aliphatic hydroxyl groups is 1. The lowest BCUT2D eigenvalue weighted by Gasteiger charge is -2.61. The Morgan fingerprint density at radius 3 is 2.26 bits per heavy atom. The van der Waals surface area contributed by atoms with Crippen molar-refractivity contribution in [3.63, 3.8) is 0 Å². The van der Waals surface area contributed by atoms with E-state index in [1.165, 1.54) is 44.9 Å². The molecule has 0 aromatic rings. The maximum atomic E-state index is 10.1. The van der Waals surface area contributed by atoms with Gasteiger partial charge < -0.3 is 5.11 Å². The highest BCUT2D eigenvalue weighted by molar-refractivity contribution is 5.09. The summed E-state index contributed by atoms with van der Waals surface area (Å²) in [5.41, 5.74) is 1.17. The summed E-state index contributed by atoms with van der Waals surface area (Å²) in [6, 6.07) is 0. The van der Waals surface area contributed by atoms with Crippen molar-refractivity contribution in [2.45, 2.75) is 91.6 Å². The second-order valence-electron chi connectivity index (χ2n) is 10.6. The van der Waals surface area contributed by atoms with Crippen molar-refractivity contribution in [2.75, 3.05) is 0 Å². The Bertz CT molecular complexity index is 457. The number of fused-ring (bicyclic) bond motifs is 5. The van der Waals surface area contributed by atoms with Crippen LogP contribution < -0.4 is 0 Å². The highest BCUT2D eigenvalue weighted by Crippen LogP contribution is 2.68. The molecule has 4 fully saturated rings. The van der Waals surface area contributed by atoms with E-state index in [2.05, 4.69) is 27.7 Å². The molecule has 0 spiro atoms. The highest BCUT2D eigenvalue weighted by atomic mass is 16.3. The van der Waals surface area contributed by atoms with Crippen LogP contribution in [0, 0.1) is 46.3 Å². The molecule has 0 aliphatic heterocycles. The highest BCUT2D eigenvalue weighted by Gasteiger charge is 2.60. The molecule has 4 aliphatic rings. The summed E-state index contributed by atoms with van der Waals surface area (Å²) < 4.78 is 0. The van der Waals surface area contributed by atoms with Crippen LogP contribution in [0.5, 0.6) is 0 Å². The van der Waals surface area contributed by atoms with E-state index in [0.717, 1.165) is 48.3 Å². The molecule has 4 saturated carbocycles. The molecule has 0 aromatic carbocycles. The first kappa shape index (κ1) is 16.4. The van der Waals surface area contributed by atoms with Gasteiger partial charge in [0.25, 0.3) is 0 Å². The Kier molecular flexibility index (Phi) is 3.91. The van der Waals surface area contributed by atoms with Gasteiger partial charge in [0.2, 0.25) is 0 Å². The third kappa shape index (κ3) is 2.28. The quantitative estimate of drug-likeness (QED) is 0.661. The molecule has 4 aliphatic carbocycles. The van der Waals surface area contributed by atoms with Crippen LogP contribution in [0.4, 0.5) is 0 Å². The van der Waals surface area contributed by atoms with Gasteiger partial charge in [-0.25, -0.2) is 0 Å². The van der Waals surface area contributed by atoms with Crippen molar-refractivity contribution in [3.05, 3.63) is 0 Å². The number of rotatable bonds is 1. The van der Waals surface area contributed by atoms with Gasteiger partial charge in [0, 0.05) is 0 Å². The molecule has 1 N–H and O–H groups in total. The Labute approximate surface area is 143 Å². The van der Waals surface area contributed by atoms with Gasteiger partial charge in [0.15, 0.2) is 0 Å². The zero-order chi connectivity index (χ0) is 16.4. The molecular weight excluding hydrogens is 280 g/mol. The maximum Gasteiger partial charge on any atom is 0.0543 e. The summed E-state index contributed by atoms with van der Waals surface area (Å²) in [5, 5.41) is 10.1. The van der Waals surface area contributed by atoms with Crippen molar-refractivity contribution < 1.29 is 5.11 Å². The van der Waals surface area contributed by atoms with Gasteiger partial charge in [-0.2, -0.15) is 0 Å². The molecular formula is C22H38O. The van der Waals surface area contributed by atoms with E-state index in [1.54, 1.807) is 0 Å². The number of aliphatic hydroxyl groups excluding tert-OH is 1. The van der Waals surface area contributed by atoms with E-state index in [4.69, 9.17) is 0 Å². The molecule has 0 amide bonds. The van der Waals surface area contributed by atoms with Gasteiger partial charge in [-0.15, -0.1) is 0 Å². The van der Waals surface area contributed by atoms with Crippen LogP contribution in [0.3, 0.4) is 0 Å². The molecule has 1 nitrogen and oxygen atoms in total. The molecule has 0 bridgehead atoms. The Morgan fingerprint density at radius 1 is 0.826 bits per heavy atom. The molecule has 0 radical (unpaired) electrons. The SMILES string of the molecule is CC(C)C1CCC2C3CCC4C[C@H](O)CC[C@]4(C)C3CC[C@]12C. The number of hydrogen-bond acceptors (Lipinski definition) is 1. The Hall–Kier alpha value is -0.0400. The second-order valence-corrected chi connectivity index (χ2v) is 10.6. The van der Waals surface area contributed by atoms with Gasteiger partial charge in [0.1, 0.15) is 0 Å². The first-order valence-electron chi connectivity index (χ1n) is 10.5. The fourth-order valence-corrected chi connectivity index (χ4v) is 8.37. The normalized spacial score (nSPS) is 56.1. The molecule has 4 rings (SSSR count). The van der Waals surface area contributed by atoms with Crippen molar-refractivity contribution in [1.82, 2.24) is 0 Å². The van der Waals surface area contributed by atoms with Crippen LogP contribution >= 0.6 is 0 Å². The van der Waals surface area contributed by atoms with E-state index in [-0.39, 0.29) is 6.10 Å². The van der Waals surface area contributed by atoms with Crippen molar-refractivity contribution in [3.8, 4) is 0 Å². The fourth-order valence-electron chi connectivity index (χ4n) is 8.37. The van der Waals surface area contributed by atoms with Crippen LogP contribution in [0.15, 0.2) is 0 Å². The summed E-state index contributed by atoms with van der Waals surface area (Å²) in [6.07, 6.45) is 12.2. The first-order chi connectivity index (χ1) is 10.9. The minimum Gasteiger partial charge on any atom is -0.393 e. The van der Waals surface area contributed by atoms with E-state index >= 15 is 0 Å². The fraction of sp³-hybridized carbons (Fsp3) is 1.00. The minimum atomic E-state index is -0.00437. The number of hydrogen-bond donors (Lipinski definition) is 1. The van der Waals surface area contributed by atoms with E-state index in [9.17, 15) is 5.11 Å². The summed E-state index contributed by atoms with van der Waals surface area (Å²) in [4.78, 5) is 0. The molecule has 5 unspecified atom stereocenters. The monoisotopic (exact) mass is 318 g/mol. The molecule has 1 heteroatoms. The zero-order valence-corrected chi connectivity index (χ0v) is 15.9. The molecule has 8 atom stereocenters. The van der Waals surface area contributed by atoms with Gasteiger partial charge in [-0.1, -0.05) is 27.7 Å². The topological polar surface area (TPSA) is 20.2 Å². The van der Waals surface area contributed by atoms with Crippen molar-refractivity contribution in [2.24, 2.45) is 46.3 Å². The lowest BCUT2D eigenvalue weighted by Crippen LogP contribution is -2.54. The largest absolute Gasteiger partial charge is 0.393 e. The maximum absolute atomic E-state index is 10.1. The molecule has 0 heterocycles. The van der Waals surface area contributed by atoms with Crippen molar-refractivity contribution >= 4 is 0 Å². The van der Waals surface area contributed by atoms with E-state index in [1.807, 2.05) is 0 Å². The molecule has 132 valence electrons. The smallest absolute Gasteiger partial charge is 0.0543 e. The summed E-state index contributed by atoms with van der Waals surface area (Å²) in [5.74, 6) is 5.58. The van der Waals surface area contributed by atoms with Gasteiger partial charge >= 0.3 is 0 Å². The molecule has 0 aromatic heterocycles. The van der Waals surface area contributed by atoms with E-state index in [0.29, 0.717) is 10.8 Å². The Balaban J connectivity index is 1.60. The lowest BCUT2D eigenvalue weighted by molar-refractivity contribution is -0.128. The lowest BCUT2D eigenvalue weighted by atomic mass is 9.44. The first-order valence-corrected chi connectivity index (χ1v) is 10.5. The average molecular weight is 319 g/mol. The molecule has 23 heavy (non-hydrogen) atoms. The predicted molar refractivity (Wildman–Crippen MR) is 96.1 cm³/mol. The average Bonchev–Trinajstić information content (AvgIpc) is 2.85. The van der Waals surface area contributed by atoms with Crippen LogP contribution in [0.1, 0.15) is 85.5 Å².